The number of nitrogens with zero attached hydrogens (tertiary/aromatic N) is 2. The van der Waals surface area contributed by atoms with Gasteiger partial charge in [0.05, 0.1) is 12.3 Å². The van der Waals surface area contributed by atoms with Crippen LogP contribution in [0.3, 0.4) is 0 Å². The van der Waals surface area contributed by atoms with Crippen molar-refractivity contribution in [1.29, 1.82) is 0 Å². The van der Waals surface area contributed by atoms with E-state index in [1.54, 1.807) is 0 Å². The summed E-state index contributed by atoms with van der Waals surface area (Å²) in [5, 5.41) is 7.31. The van der Waals surface area contributed by atoms with Crippen LogP contribution in [-0.4, -0.2) is 42.8 Å². The van der Waals surface area contributed by atoms with Gasteiger partial charge in [0.25, 0.3) is 0 Å². The maximum atomic E-state index is 5.61. The highest BCUT2D eigenvalue weighted by molar-refractivity contribution is 5.04. The van der Waals surface area contributed by atoms with E-state index in [4.69, 9.17) is 9.26 Å². The van der Waals surface area contributed by atoms with E-state index < -0.39 is 0 Å². The second-order valence-corrected chi connectivity index (χ2v) is 5.23. The van der Waals surface area contributed by atoms with Crippen molar-refractivity contribution >= 4 is 0 Å². The van der Waals surface area contributed by atoms with Gasteiger partial charge in [0.15, 0.2) is 5.76 Å². The van der Waals surface area contributed by atoms with Crippen molar-refractivity contribution < 1.29 is 9.26 Å². The molecular weight excluding hydrogens is 242 g/mol. The summed E-state index contributed by atoms with van der Waals surface area (Å²) in [7, 11) is 2.16. The molecule has 0 spiro atoms. The molecule has 0 amide bonds. The average molecular weight is 267 g/mol. The van der Waals surface area contributed by atoms with Crippen molar-refractivity contribution in [3.8, 4) is 0 Å². The molecule has 5 nitrogen and oxygen atoms in total. The van der Waals surface area contributed by atoms with Crippen LogP contribution in [-0.2, 0) is 17.9 Å². The van der Waals surface area contributed by atoms with Crippen molar-refractivity contribution in [2.24, 2.45) is 0 Å². The monoisotopic (exact) mass is 267 g/mol. The summed E-state index contributed by atoms with van der Waals surface area (Å²) in [5.74, 6) is 0.808. The summed E-state index contributed by atoms with van der Waals surface area (Å²) < 4.78 is 10.8. The van der Waals surface area contributed by atoms with Gasteiger partial charge in [0.1, 0.15) is 6.61 Å². The number of hydrogen-bond acceptors (Lipinski definition) is 5. The molecule has 1 heterocycles. The Hall–Kier alpha value is -0.910. The topological polar surface area (TPSA) is 50.5 Å². The molecule has 2 rings (SSSR count). The van der Waals surface area contributed by atoms with Crippen LogP contribution in [0.5, 0.6) is 0 Å². The zero-order chi connectivity index (χ0) is 13.5. The normalized spacial score (nSPS) is 15.3. The molecule has 19 heavy (non-hydrogen) atoms. The highest BCUT2D eigenvalue weighted by Gasteiger charge is 2.25. The predicted octanol–water partition coefficient (Wildman–Crippen LogP) is 1.78. The first-order valence-electron chi connectivity index (χ1n) is 7.22. The fourth-order valence-corrected chi connectivity index (χ4v) is 1.98. The Labute approximate surface area is 115 Å². The minimum Gasteiger partial charge on any atom is -0.372 e. The Kier molecular flexibility index (Phi) is 5.82. The molecule has 1 aliphatic rings. The van der Waals surface area contributed by atoms with E-state index in [0.717, 1.165) is 50.2 Å². The first-order chi connectivity index (χ1) is 9.29. The van der Waals surface area contributed by atoms with Crippen LogP contribution in [0.2, 0.25) is 0 Å². The number of aromatic nitrogens is 1. The van der Waals surface area contributed by atoms with Gasteiger partial charge >= 0.3 is 0 Å². The van der Waals surface area contributed by atoms with Gasteiger partial charge < -0.3 is 19.5 Å². The lowest BCUT2D eigenvalue weighted by molar-refractivity contribution is 0.0825. The maximum absolute atomic E-state index is 5.61. The molecule has 1 aromatic heterocycles. The molecular formula is C14H25N3O2. The molecule has 1 saturated carbocycles. The van der Waals surface area contributed by atoms with Gasteiger partial charge in [0, 0.05) is 25.2 Å². The van der Waals surface area contributed by atoms with Gasteiger partial charge in [-0.1, -0.05) is 12.1 Å². The smallest absolute Gasteiger partial charge is 0.162 e. The van der Waals surface area contributed by atoms with Gasteiger partial charge in [-0.15, -0.1) is 0 Å². The van der Waals surface area contributed by atoms with E-state index in [1.165, 1.54) is 12.8 Å². The van der Waals surface area contributed by atoms with Gasteiger partial charge in [-0.2, -0.15) is 0 Å². The van der Waals surface area contributed by atoms with Crippen LogP contribution < -0.4 is 5.32 Å². The van der Waals surface area contributed by atoms with Crippen LogP contribution in [0.25, 0.3) is 0 Å². The van der Waals surface area contributed by atoms with E-state index in [2.05, 4.69) is 29.3 Å². The maximum Gasteiger partial charge on any atom is 0.162 e. The van der Waals surface area contributed by atoms with Crippen molar-refractivity contribution in [1.82, 2.24) is 15.4 Å². The number of rotatable bonds is 10. The molecule has 1 aromatic rings. The largest absolute Gasteiger partial charge is 0.372 e. The van der Waals surface area contributed by atoms with E-state index in [0.29, 0.717) is 6.61 Å². The zero-order valence-corrected chi connectivity index (χ0v) is 12.0. The fraction of sp³-hybridized carbons (Fsp3) is 0.786. The lowest BCUT2D eigenvalue weighted by Crippen LogP contribution is -2.25. The number of nitrogens with one attached hydrogen (secondary N) is 1. The Morgan fingerprint density at radius 2 is 2.37 bits per heavy atom. The first-order valence-corrected chi connectivity index (χ1v) is 7.22. The molecule has 0 atom stereocenters. The van der Waals surface area contributed by atoms with E-state index >= 15 is 0 Å². The predicted molar refractivity (Wildman–Crippen MR) is 73.8 cm³/mol. The van der Waals surface area contributed by atoms with Gasteiger partial charge in [-0.3, -0.25) is 0 Å². The third kappa shape index (κ3) is 5.30. The number of hydrogen-bond donors (Lipinski definition) is 1. The summed E-state index contributed by atoms with van der Waals surface area (Å²) in [5.41, 5.74) is 0.946. The van der Waals surface area contributed by atoms with Gasteiger partial charge in [-0.05, 0) is 32.9 Å². The molecule has 5 heteroatoms. The molecule has 0 aromatic carbocycles. The number of ether oxygens (including phenoxy) is 1. The summed E-state index contributed by atoms with van der Waals surface area (Å²) in [6, 6.07) is 2.76. The third-order valence-electron chi connectivity index (χ3n) is 3.34. The highest BCUT2D eigenvalue weighted by Crippen LogP contribution is 2.24. The van der Waals surface area contributed by atoms with Crippen LogP contribution in [0.4, 0.5) is 0 Å². The lowest BCUT2D eigenvalue weighted by Gasteiger charge is -2.14. The number of likely N-dealkylation sites (N-methyl/N-ethyl adjacent to an activating group) is 1. The minimum atomic E-state index is 0.513. The van der Waals surface area contributed by atoms with Gasteiger partial charge in [-0.25, -0.2) is 0 Å². The zero-order valence-electron chi connectivity index (χ0n) is 12.0. The molecule has 0 bridgehead atoms. The highest BCUT2D eigenvalue weighted by atomic mass is 16.5. The first kappa shape index (κ1) is 14.5. The van der Waals surface area contributed by atoms with E-state index in [9.17, 15) is 0 Å². The molecule has 1 fully saturated rings. The Balaban J connectivity index is 1.57. The van der Waals surface area contributed by atoms with Crippen LogP contribution in [0.1, 0.15) is 37.6 Å². The molecule has 0 aliphatic heterocycles. The Morgan fingerprint density at radius 3 is 3.11 bits per heavy atom. The third-order valence-corrected chi connectivity index (χ3v) is 3.34. The van der Waals surface area contributed by atoms with E-state index in [1.807, 2.05) is 6.07 Å². The van der Waals surface area contributed by atoms with E-state index in [-0.39, 0.29) is 0 Å². The summed E-state index contributed by atoms with van der Waals surface area (Å²) >= 11 is 0. The molecule has 1 N–H and O–H groups in total. The average Bonchev–Trinajstić information content (AvgIpc) is 3.17. The SMILES string of the molecule is CCCNCc1cc(COCCN(C)C2CC2)on1. The Bertz CT molecular complexity index is 363. The molecule has 108 valence electrons. The fourth-order valence-electron chi connectivity index (χ4n) is 1.98. The lowest BCUT2D eigenvalue weighted by atomic mass is 10.3. The quantitative estimate of drug-likeness (QED) is 0.655. The summed E-state index contributed by atoms with van der Waals surface area (Å²) in [6.07, 6.45) is 3.81. The van der Waals surface area contributed by atoms with Crippen molar-refractivity contribution in [2.75, 3.05) is 26.7 Å². The van der Waals surface area contributed by atoms with Crippen LogP contribution >= 0.6 is 0 Å². The molecule has 0 unspecified atom stereocenters. The van der Waals surface area contributed by atoms with Gasteiger partial charge in [0.2, 0.25) is 0 Å². The summed E-state index contributed by atoms with van der Waals surface area (Å²) in [6.45, 7) is 6.17. The molecule has 1 aliphatic carbocycles. The van der Waals surface area contributed by atoms with Crippen molar-refractivity contribution in [2.45, 2.75) is 45.4 Å². The second kappa shape index (κ2) is 7.62. The second-order valence-electron chi connectivity index (χ2n) is 5.23. The minimum absolute atomic E-state index is 0.513. The standard InChI is InChI=1S/C14H25N3O2/c1-3-6-15-10-12-9-14(19-16-12)11-18-8-7-17(2)13-4-5-13/h9,13,15H,3-8,10-11H2,1-2H3. The molecule has 0 radical (unpaired) electrons. The molecule has 0 saturated heterocycles. The summed E-state index contributed by atoms with van der Waals surface area (Å²) in [4.78, 5) is 2.36. The van der Waals surface area contributed by atoms with Crippen LogP contribution in [0, 0.1) is 0 Å². The van der Waals surface area contributed by atoms with Crippen molar-refractivity contribution in [3.63, 3.8) is 0 Å². The van der Waals surface area contributed by atoms with Crippen molar-refractivity contribution in [3.05, 3.63) is 17.5 Å². The Morgan fingerprint density at radius 1 is 1.53 bits per heavy atom. The van der Waals surface area contributed by atoms with Crippen LogP contribution in [0.15, 0.2) is 10.6 Å².